The number of anilines is 2. The molecular formula is C14H19N3O2S. The van der Waals surface area contributed by atoms with Crippen molar-refractivity contribution in [3.8, 4) is 0 Å². The minimum Gasteiger partial charge on any atom is -0.332 e. The van der Waals surface area contributed by atoms with Crippen LogP contribution in [0.25, 0.3) is 0 Å². The molecule has 2 amide bonds. The lowest BCUT2D eigenvalue weighted by Crippen LogP contribution is -2.32. The number of nitrogens with one attached hydrogen (secondary N) is 3. The van der Waals surface area contributed by atoms with E-state index < -0.39 is 5.41 Å². The molecule has 0 saturated heterocycles. The Balaban J connectivity index is 2.74. The molecule has 1 aromatic carbocycles. The summed E-state index contributed by atoms with van der Waals surface area (Å²) >= 11 is 4.97. The highest BCUT2D eigenvalue weighted by Gasteiger charge is 2.21. The van der Waals surface area contributed by atoms with Gasteiger partial charge >= 0.3 is 0 Å². The molecular weight excluding hydrogens is 274 g/mol. The Morgan fingerprint density at radius 3 is 2.15 bits per heavy atom. The molecule has 6 heteroatoms. The maximum Gasteiger partial charge on any atom is 0.229 e. The topological polar surface area (TPSA) is 70.2 Å². The van der Waals surface area contributed by atoms with Crippen LogP contribution < -0.4 is 16.0 Å². The molecule has 0 unspecified atom stereocenters. The molecule has 0 aromatic heterocycles. The number of hydrogen-bond acceptors (Lipinski definition) is 3. The Hall–Kier alpha value is -1.95. The van der Waals surface area contributed by atoms with Crippen molar-refractivity contribution in [3.63, 3.8) is 0 Å². The molecule has 0 bridgehead atoms. The van der Waals surface area contributed by atoms with Crippen molar-refractivity contribution < 1.29 is 9.59 Å². The summed E-state index contributed by atoms with van der Waals surface area (Å²) in [5.41, 5.74) is 0.894. The van der Waals surface area contributed by atoms with Gasteiger partial charge in [0.15, 0.2) is 5.11 Å². The van der Waals surface area contributed by atoms with Gasteiger partial charge < -0.3 is 16.0 Å². The molecule has 0 atom stereocenters. The van der Waals surface area contributed by atoms with E-state index in [1.807, 2.05) is 20.8 Å². The summed E-state index contributed by atoms with van der Waals surface area (Å²) in [6.45, 7) is 6.91. The van der Waals surface area contributed by atoms with Crippen LogP contribution in [0.5, 0.6) is 0 Å². The second-order valence-electron chi connectivity index (χ2n) is 5.42. The van der Waals surface area contributed by atoms with Crippen LogP contribution >= 0.6 is 12.2 Å². The Labute approximate surface area is 124 Å². The van der Waals surface area contributed by atoms with E-state index in [1.54, 1.807) is 24.3 Å². The van der Waals surface area contributed by atoms with E-state index in [0.29, 0.717) is 11.4 Å². The van der Waals surface area contributed by atoms with Gasteiger partial charge in [-0.05, 0) is 30.4 Å². The fraction of sp³-hybridized carbons (Fsp3) is 0.357. The first-order valence-electron chi connectivity index (χ1n) is 6.18. The van der Waals surface area contributed by atoms with Crippen LogP contribution in [0.1, 0.15) is 27.7 Å². The van der Waals surface area contributed by atoms with Gasteiger partial charge in [0, 0.05) is 23.7 Å². The molecule has 0 heterocycles. The molecule has 0 aliphatic heterocycles. The highest BCUT2D eigenvalue weighted by molar-refractivity contribution is 7.80. The molecule has 5 nitrogen and oxygen atoms in total. The number of carbonyl (C=O) groups excluding carboxylic acids is 2. The average molecular weight is 293 g/mol. The van der Waals surface area contributed by atoms with Gasteiger partial charge in [-0.1, -0.05) is 26.8 Å². The standard InChI is InChI=1S/C14H19N3O2S/c1-9(18)15-13(20)17-11-7-5-6-10(8-11)16-12(19)14(2,3)4/h5-8H,1-4H3,(H,16,19)(H2,15,17,18,20). The number of amides is 2. The zero-order valence-electron chi connectivity index (χ0n) is 12.0. The van der Waals surface area contributed by atoms with Gasteiger partial charge in [0.25, 0.3) is 0 Å². The van der Waals surface area contributed by atoms with E-state index in [4.69, 9.17) is 12.2 Å². The van der Waals surface area contributed by atoms with E-state index in [-0.39, 0.29) is 16.9 Å². The van der Waals surface area contributed by atoms with Gasteiger partial charge in [-0.15, -0.1) is 0 Å². The molecule has 0 radical (unpaired) electrons. The van der Waals surface area contributed by atoms with E-state index in [0.717, 1.165) is 0 Å². The van der Waals surface area contributed by atoms with Crippen LogP contribution in [0.15, 0.2) is 24.3 Å². The minimum atomic E-state index is -0.463. The first-order chi connectivity index (χ1) is 9.18. The van der Waals surface area contributed by atoms with Crippen molar-refractivity contribution >= 4 is 40.5 Å². The lowest BCUT2D eigenvalue weighted by Gasteiger charge is -2.18. The third kappa shape index (κ3) is 5.36. The fourth-order valence-electron chi connectivity index (χ4n) is 1.32. The van der Waals surface area contributed by atoms with Crippen LogP contribution in [0.3, 0.4) is 0 Å². The zero-order valence-corrected chi connectivity index (χ0v) is 12.9. The summed E-state index contributed by atoms with van der Waals surface area (Å²) in [6.07, 6.45) is 0. The summed E-state index contributed by atoms with van der Waals surface area (Å²) in [5, 5.41) is 8.39. The Kier molecular flexibility index (Phi) is 5.21. The average Bonchev–Trinajstić information content (AvgIpc) is 2.26. The zero-order chi connectivity index (χ0) is 15.3. The molecule has 1 aromatic rings. The number of rotatable bonds is 2. The maximum absolute atomic E-state index is 11.9. The molecule has 0 spiro atoms. The smallest absolute Gasteiger partial charge is 0.229 e. The van der Waals surface area contributed by atoms with Gasteiger partial charge in [-0.2, -0.15) is 0 Å². The quantitative estimate of drug-likeness (QED) is 0.733. The summed E-state index contributed by atoms with van der Waals surface area (Å²) in [5.74, 6) is -0.307. The van der Waals surface area contributed by atoms with Gasteiger partial charge in [-0.3, -0.25) is 9.59 Å². The molecule has 1 rings (SSSR count). The maximum atomic E-state index is 11.9. The number of carbonyl (C=O) groups is 2. The lowest BCUT2D eigenvalue weighted by molar-refractivity contribution is -0.123. The fourth-order valence-corrected chi connectivity index (χ4v) is 1.58. The van der Waals surface area contributed by atoms with E-state index >= 15 is 0 Å². The summed E-state index contributed by atoms with van der Waals surface area (Å²) < 4.78 is 0. The highest BCUT2D eigenvalue weighted by atomic mass is 32.1. The lowest BCUT2D eigenvalue weighted by atomic mass is 9.95. The molecule has 0 fully saturated rings. The largest absolute Gasteiger partial charge is 0.332 e. The molecule has 0 aliphatic carbocycles. The number of hydrogen-bond donors (Lipinski definition) is 3. The minimum absolute atomic E-state index is 0.0703. The van der Waals surface area contributed by atoms with Crippen molar-refractivity contribution in [2.45, 2.75) is 27.7 Å². The number of benzene rings is 1. The first kappa shape index (κ1) is 16.1. The molecule has 0 saturated carbocycles. The third-order valence-electron chi connectivity index (χ3n) is 2.35. The SMILES string of the molecule is CC(=O)NC(=S)Nc1cccc(NC(=O)C(C)(C)C)c1. The second-order valence-corrected chi connectivity index (χ2v) is 5.83. The number of thiocarbonyl (C=S) groups is 1. The molecule has 108 valence electrons. The third-order valence-corrected chi connectivity index (χ3v) is 2.55. The Morgan fingerprint density at radius 2 is 1.65 bits per heavy atom. The van der Waals surface area contributed by atoms with Crippen molar-refractivity contribution in [2.75, 3.05) is 10.6 Å². The van der Waals surface area contributed by atoms with Crippen molar-refractivity contribution in [1.29, 1.82) is 0 Å². The monoisotopic (exact) mass is 293 g/mol. The van der Waals surface area contributed by atoms with Gasteiger partial charge in [0.2, 0.25) is 11.8 Å². The van der Waals surface area contributed by atoms with Gasteiger partial charge in [-0.25, -0.2) is 0 Å². The summed E-state index contributed by atoms with van der Waals surface area (Å²) in [4.78, 5) is 22.8. The molecule has 0 aliphatic rings. The van der Waals surface area contributed by atoms with Crippen molar-refractivity contribution in [2.24, 2.45) is 5.41 Å². The predicted octanol–water partition coefficient (Wildman–Crippen LogP) is 2.50. The molecule has 20 heavy (non-hydrogen) atoms. The predicted molar refractivity (Wildman–Crippen MR) is 84.6 cm³/mol. The van der Waals surface area contributed by atoms with E-state index in [1.165, 1.54) is 6.92 Å². The van der Waals surface area contributed by atoms with Crippen LogP contribution in [0, 0.1) is 5.41 Å². The second kappa shape index (κ2) is 6.47. The molecule has 3 N–H and O–H groups in total. The Bertz CT molecular complexity index is 535. The normalized spacial score (nSPS) is 10.6. The summed E-state index contributed by atoms with van der Waals surface area (Å²) in [7, 11) is 0. The van der Waals surface area contributed by atoms with E-state index in [2.05, 4.69) is 16.0 Å². The Morgan fingerprint density at radius 1 is 1.10 bits per heavy atom. The van der Waals surface area contributed by atoms with Crippen LogP contribution in [0.4, 0.5) is 11.4 Å². The van der Waals surface area contributed by atoms with Crippen LogP contribution in [-0.4, -0.2) is 16.9 Å². The van der Waals surface area contributed by atoms with Crippen molar-refractivity contribution in [1.82, 2.24) is 5.32 Å². The van der Waals surface area contributed by atoms with Crippen molar-refractivity contribution in [3.05, 3.63) is 24.3 Å². The van der Waals surface area contributed by atoms with Gasteiger partial charge in [0.05, 0.1) is 0 Å². The summed E-state index contributed by atoms with van der Waals surface area (Å²) in [6, 6.07) is 7.12. The van der Waals surface area contributed by atoms with E-state index in [9.17, 15) is 9.59 Å². The first-order valence-corrected chi connectivity index (χ1v) is 6.59. The van der Waals surface area contributed by atoms with Crippen LogP contribution in [-0.2, 0) is 9.59 Å². The van der Waals surface area contributed by atoms with Crippen LogP contribution in [0.2, 0.25) is 0 Å². The van der Waals surface area contributed by atoms with Gasteiger partial charge in [0.1, 0.15) is 0 Å². The highest BCUT2D eigenvalue weighted by Crippen LogP contribution is 2.19.